The van der Waals surface area contributed by atoms with Crippen LogP contribution in [-0.2, 0) is 17.5 Å². The summed E-state index contributed by atoms with van der Waals surface area (Å²) in [5.41, 5.74) is -0.217. The Morgan fingerprint density at radius 1 is 1.04 bits per heavy atom. The molecule has 3 aromatic rings. The summed E-state index contributed by atoms with van der Waals surface area (Å²) in [5, 5.41) is 0. The lowest BCUT2D eigenvalue weighted by molar-refractivity contribution is -0.137. The van der Waals surface area contributed by atoms with E-state index in [1.165, 1.54) is 12.1 Å². The highest BCUT2D eigenvalue weighted by atomic mass is 32.1. The van der Waals surface area contributed by atoms with Crippen molar-refractivity contribution in [2.75, 3.05) is 0 Å². The first-order valence-electron chi connectivity index (χ1n) is 7.85. The number of thiophene rings is 1. The number of alkyl halides is 3. The first kappa shape index (κ1) is 18.8. The van der Waals surface area contributed by atoms with E-state index in [9.17, 15) is 22.8 Å². The summed E-state index contributed by atoms with van der Waals surface area (Å²) in [7, 11) is 0. The SMILES string of the molecule is O=Cc1ccc(-c2cc(C(=O)OCc3ccccc3)cc(C(F)(F)F)c2)s1. The number of benzene rings is 2. The van der Waals surface area contributed by atoms with Gasteiger partial charge < -0.3 is 4.74 Å². The Hall–Kier alpha value is -2.93. The number of aldehydes is 1. The van der Waals surface area contributed by atoms with Crippen molar-refractivity contribution in [3.05, 3.63) is 82.2 Å². The van der Waals surface area contributed by atoms with Gasteiger partial charge in [-0.2, -0.15) is 13.2 Å². The molecule has 0 bridgehead atoms. The zero-order valence-corrected chi connectivity index (χ0v) is 14.6. The van der Waals surface area contributed by atoms with E-state index in [1.54, 1.807) is 36.4 Å². The molecule has 0 fully saturated rings. The van der Waals surface area contributed by atoms with Crippen molar-refractivity contribution in [3.63, 3.8) is 0 Å². The number of halogens is 3. The molecule has 0 radical (unpaired) electrons. The van der Waals surface area contributed by atoms with Crippen LogP contribution in [0.2, 0.25) is 0 Å². The van der Waals surface area contributed by atoms with Gasteiger partial charge in [0.15, 0.2) is 6.29 Å². The molecule has 0 saturated carbocycles. The summed E-state index contributed by atoms with van der Waals surface area (Å²) in [5.74, 6) is -0.849. The minimum absolute atomic E-state index is 0.0421. The molecule has 0 unspecified atom stereocenters. The van der Waals surface area contributed by atoms with Gasteiger partial charge in [0.25, 0.3) is 0 Å². The van der Waals surface area contributed by atoms with Gasteiger partial charge in [-0.15, -0.1) is 11.3 Å². The minimum Gasteiger partial charge on any atom is -0.457 e. The van der Waals surface area contributed by atoms with Gasteiger partial charge in [0.05, 0.1) is 16.0 Å². The van der Waals surface area contributed by atoms with E-state index < -0.39 is 17.7 Å². The molecule has 2 aromatic carbocycles. The highest BCUT2D eigenvalue weighted by Crippen LogP contribution is 2.35. The largest absolute Gasteiger partial charge is 0.457 e. The Morgan fingerprint density at radius 3 is 2.41 bits per heavy atom. The van der Waals surface area contributed by atoms with Crippen LogP contribution in [-0.4, -0.2) is 12.3 Å². The van der Waals surface area contributed by atoms with Crippen LogP contribution in [0.3, 0.4) is 0 Å². The first-order chi connectivity index (χ1) is 12.9. The Bertz CT molecular complexity index is 962. The van der Waals surface area contributed by atoms with E-state index in [-0.39, 0.29) is 17.7 Å². The van der Waals surface area contributed by atoms with Crippen molar-refractivity contribution in [1.82, 2.24) is 0 Å². The molecule has 0 aliphatic carbocycles. The molecule has 7 heteroatoms. The third-order valence-electron chi connectivity index (χ3n) is 3.74. The fourth-order valence-electron chi connectivity index (χ4n) is 2.43. The first-order valence-corrected chi connectivity index (χ1v) is 8.67. The van der Waals surface area contributed by atoms with Crippen LogP contribution in [0.5, 0.6) is 0 Å². The number of hydrogen-bond acceptors (Lipinski definition) is 4. The molecule has 0 saturated heterocycles. The van der Waals surface area contributed by atoms with Gasteiger partial charge in [-0.3, -0.25) is 4.79 Å². The predicted molar refractivity (Wildman–Crippen MR) is 95.7 cm³/mol. The van der Waals surface area contributed by atoms with Crippen LogP contribution < -0.4 is 0 Å². The zero-order chi connectivity index (χ0) is 19.4. The van der Waals surface area contributed by atoms with Crippen LogP contribution in [0.4, 0.5) is 13.2 Å². The van der Waals surface area contributed by atoms with E-state index in [0.717, 1.165) is 29.0 Å². The standard InChI is InChI=1S/C20H13F3O3S/c21-20(22,23)16-9-14(18-7-6-17(11-24)27-18)8-15(10-16)19(25)26-12-13-4-2-1-3-5-13/h1-11H,12H2. The van der Waals surface area contributed by atoms with Crippen molar-refractivity contribution >= 4 is 23.6 Å². The summed E-state index contributed by atoms with van der Waals surface area (Å²) < 4.78 is 44.9. The number of ether oxygens (including phenoxy) is 1. The average Bonchev–Trinajstić information content (AvgIpc) is 3.15. The Labute approximate surface area is 157 Å². The molecule has 3 nitrogen and oxygen atoms in total. The number of hydrogen-bond donors (Lipinski definition) is 0. The molecular weight excluding hydrogens is 377 g/mol. The van der Waals surface area contributed by atoms with Crippen molar-refractivity contribution in [1.29, 1.82) is 0 Å². The number of rotatable bonds is 5. The van der Waals surface area contributed by atoms with Crippen LogP contribution in [0.25, 0.3) is 10.4 Å². The number of esters is 1. The highest BCUT2D eigenvalue weighted by Gasteiger charge is 2.32. The van der Waals surface area contributed by atoms with E-state index in [0.29, 0.717) is 16.0 Å². The lowest BCUT2D eigenvalue weighted by Crippen LogP contribution is -2.10. The van der Waals surface area contributed by atoms with Crippen LogP contribution in [0, 0.1) is 0 Å². The van der Waals surface area contributed by atoms with Crippen molar-refractivity contribution in [3.8, 4) is 10.4 Å². The van der Waals surface area contributed by atoms with Gasteiger partial charge >= 0.3 is 12.1 Å². The predicted octanol–water partition coefficient (Wildman–Crippen LogP) is 5.60. The maximum Gasteiger partial charge on any atom is 0.416 e. The van der Waals surface area contributed by atoms with Gasteiger partial charge in [0, 0.05) is 4.88 Å². The Kier molecular flexibility index (Phi) is 5.41. The fourth-order valence-corrected chi connectivity index (χ4v) is 3.24. The molecule has 1 aromatic heterocycles. The van der Waals surface area contributed by atoms with Crippen LogP contribution >= 0.6 is 11.3 Å². The van der Waals surface area contributed by atoms with E-state index in [4.69, 9.17) is 4.74 Å². The normalized spacial score (nSPS) is 11.2. The third kappa shape index (κ3) is 4.62. The molecule has 0 N–H and O–H groups in total. The fraction of sp³-hybridized carbons (Fsp3) is 0.100. The average molecular weight is 390 g/mol. The minimum atomic E-state index is -4.62. The Morgan fingerprint density at radius 2 is 1.78 bits per heavy atom. The molecule has 0 aliphatic rings. The number of carbonyl (C=O) groups is 2. The van der Waals surface area contributed by atoms with Gasteiger partial charge in [-0.25, -0.2) is 4.79 Å². The number of carbonyl (C=O) groups excluding carboxylic acids is 2. The summed E-state index contributed by atoms with van der Waals surface area (Å²) in [6.45, 7) is -0.0421. The molecule has 138 valence electrons. The lowest BCUT2D eigenvalue weighted by atomic mass is 10.0. The molecule has 0 amide bonds. The summed E-state index contributed by atoms with van der Waals surface area (Å²) in [4.78, 5) is 24.0. The third-order valence-corrected chi connectivity index (χ3v) is 4.80. The second-order valence-electron chi connectivity index (χ2n) is 5.68. The molecule has 27 heavy (non-hydrogen) atoms. The van der Waals surface area contributed by atoms with Crippen molar-refractivity contribution < 1.29 is 27.5 Å². The van der Waals surface area contributed by atoms with Crippen molar-refractivity contribution in [2.24, 2.45) is 0 Å². The highest BCUT2D eigenvalue weighted by molar-refractivity contribution is 7.17. The van der Waals surface area contributed by atoms with E-state index in [1.807, 2.05) is 0 Å². The second kappa shape index (κ2) is 7.75. The monoisotopic (exact) mass is 390 g/mol. The van der Waals surface area contributed by atoms with Gasteiger partial charge in [-0.1, -0.05) is 30.3 Å². The summed E-state index contributed by atoms with van der Waals surface area (Å²) in [6.07, 6.45) is -3.99. The van der Waals surface area contributed by atoms with Gasteiger partial charge in [0.2, 0.25) is 0 Å². The lowest BCUT2D eigenvalue weighted by Gasteiger charge is -2.12. The topological polar surface area (TPSA) is 43.4 Å². The van der Waals surface area contributed by atoms with Crippen LogP contribution in [0.15, 0.2) is 60.7 Å². The van der Waals surface area contributed by atoms with E-state index in [2.05, 4.69) is 0 Å². The smallest absolute Gasteiger partial charge is 0.416 e. The summed E-state index contributed by atoms with van der Waals surface area (Å²) in [6, 6.07) is 15.0. The van der Waals surface area contributed by atoms with E-state index >= 15 is 0 Å². The van der Waals surface area contributed by atoms with Gasteiger partial charge in [0.1, 0.15) is 6.61 Å². The molecule has 1 heterocycles. The maximum atomic E-state index is 13.2. The molecule has 0 atom stereocenters. The van der Waals surface area contributed by atoms with Crippen molar-refractivity contribution in [2.45, 2.75) is 12.8 Å². The van der Waals surface area contributed by atoms with Crippen LogP contribution in [0.1, 0.15) is 31.2 Å². The second-order valence-corrected chi connectivity index (χ2v) is 6.79. The quantitative estimate of drug-likeness (QED) is 0.421. The zero-order valence-electron chi connectivity index (χ0n) is 13.8. The molecule has 3 rings (SSSR count). The maximum absolute atomic E-state index is 13.2. The van der Waals surface area contributed by atoms with Gasteiger partial charge in [-0.05, 0) is 41.5 Å². The Balaban J connectivity index is 1.92. The summed E-state index contributed by atoms with van der Waals surface area (Å²) >= 11 is 1.05. The molecular formula is C20H13F3O3S. The molecule has 0 spiro atoms. The molecule has 0 aliphatic heterocycles.